The lowest BCUT2D eigenvalue weighted by Crippen LogP contribution is -2.14. The van der Waals surface area contributed by atoms with Crippen molar-refractivity contribution in [2.45, 2.75) is 52.4 Å². The number of aryl methyl sites for hydroxylation is 1. The summed E-state index contributed by atoms with van der Waals surface area (Å²) < 4.78 is 0. The number of fused-ring (bicyclic) bond motifs is 1. The SMILES string of the molecule is CC1CCc2ccc(NC=O)cc21.CCCNCCC. The Morgan fingerprint density at radius 3 is 2.55 bits per heavy atom. The van der Waals surface area contributed by atoms with Gasteiger partial charge in [0.2, 0.25) is 6.41 Å². The third-order valence-electron chi connectivity index (χ3n) is 3.60. The van der Waals surface area contributed by atoms with Crippen LogP contribution in [0.2, 0.25) is 0 Å². The van der Waals surface area contributed by atoms with Gasteiger partial charge in [-0.3, -0.25) is 4.79 Å². The molecule has 2 N–H and O–H groups in total. The highest BCUT2D eigenvalue weighted by atomic mass is 16.1. The molecule has 1 amide bonds. The van der Waals surface area contributed by atoms with Gasteiger partial charge in [0, 0.05) is 5.69 Å². The number of carbonyl (C=O) groups excluding carboxylic acids is 1. The molecule has 112 valence electrons. The van der Waals surface area contributed by atoms with Gasteiger partial charge in [-0.15, -0.1) is 0 Å². The van der Waals surface area contributed by atoms with Gasteiger partial charge in [0.1, 0.15) is 0 Å². The Bertz CT molecular complexity index is 400. The van der Waals surface area contributed by atoms with Crippen LogP contribution in [0.5, 0.6) is 0 Å². The minimum atomic E-state index is 0.642. The molecule has 0 bridgehead atoms. The second-order valence-electron chi connectivity index (χ2n) is 5.37. The van der Waals surface area contributed by atoms with Gasteiger partial charge in [0.15, 0.2) is 0 Å². The molecule has 20 heavy (non-hydrogen) atoms. The number of hydrogen-bond acceptors (Lipinski definition) is 2. The number of benzene rings is 1. The number of carbonyl (C=O) groups is 1. The van der Waals surface area contributed by atoms with Gasteiger partial charge in [-0.2, -0.15) is 0 Å². The highest BCUT2D eigenvalue weighted by Gasteiger charge is 2.18. The topological polar surface area (TPSA) is 41.1 Å². The molecule has 0 heterocycles. The summed E-state index contributed by atoms with van der Waals surface area (Å²) in [6.45, 7) is 8.95. The highest BCUT2D eigenvalue weighted by Crippen LogP contribution is 2.33. The molecule has 2 rings (SSSR count). The normalized spacial score (nSPS) is 16.1. The van der Waals surface area contributed by atoms with Gasteiger partial charge in [-0.25, -0.2) is 0 Å². The molecule has 1 aromatic carbocycles. The smallest absolute Gasteiger partial charge is 0.211 e. The van der Waals surface area contributed by atoms with Crippen LogP contribution in [0.25, 0.3) is 0 Å². The lowest BCUT2D eigenvalue weighted by Gasteiger charge is -2.06. The van der Waals surface area contributed by atoms with Crippen LogP contribution in [0.1, 0.15) is 57.1 Å². The Balaban J connectivity index is 0.000000246. The van der Waals surface area contributed by atoms with Crippen molar-refractivity contribution in [1.29, 1.82) is 0 Å². The molecular weight excluding hydrogens is 248 g/mol. The van der Waals surface area contributed by atoms with Crippen molar-refractivity contribution in [2.75, 3.05) is 18.4 Å². The summed E-state index contributed by atoms with van der Waals surface area (Å²) in [4.78, 5) is 10.2. The summed E-state index contributed by atoms with van der Waals surface area (Å²) in [5, 5.41) is 5.96. The van der Waals surface area contributed by atoms with Crippen molar-refractivity contribution in [1.82, 2.24) is 5.32 Å². The molecule has 1 atom stereocenters. The minimum absolute atomic E-state index is 0.642. The quantitative estimate of drug-likeness (QED) is 0.614. The first-order valence-corrected chi connectivity index (χ1v) is 7.76. The minimum Gasteiger partial charge on any atom is -0.329 e. The van der Waals surface area contributed by atoms with Gasteiger partial charge in [0.05, 0.1) is 0 Å². The van der Waals surface area contributed by atoms with Crippen LogP contribution >= 0.6 is 0 Å². The fraction of sp³-hybridized carbons (Fsp3) is 0.588. The van der Waals surface area contributed by atoms with Gasteiger partial charge in [-0.1, -0.05) is 26.8 Å². The third kappa shape index (κ3) is 5.33. The van der Waals surface area contributed by atoms with Gasteiger partial charge >= 0.3 is 0 Å². The Kier molecular flexibility index (Phi) is 7.97. The zero-order valence-corrected chi connectivity index (χ0v) is 13.0. The van der Waals surface area contributed by atoms with E-state index in [9.17, 15) is 4.79 Å². The number of anilines is 1. The predicted octanol–water partition coefficient (Wildman–Crippen LogP) is 3.70. The van der Waals surface area contributed by atoms with E-state index in [-0.39, 0.29) is 0 Å². The first-order valence-electron chi connectivity index (χ1n) is 7.76. The second-order valence-corrected chi connectivity index (χ2v) is 5.37. The maximum absolute atomic E-state index is 10.2. The monoisotopic (exact) mass is 276 g/mol. The van der Waals surface area contributed by atoms with Crippen molar-refractivity contribution in [2.24, 2.45) is 0 Å². The first-order chi connectivity index (χ1) is 9.72. The van der Waals surface area contributed by atoms with Crippen LogP contribution in [0.3, 0.4) is 0 Å². The number of nitrogens with one attached hydrogen (secondary N) is 2. The molecule has 0 fully saturated rings. The zero-order valence-electron chi connectivity index (χ0n) is 13.0. The zero-order chi connectivity index (χ0) is 14.8. The van der Waals surface area contributed by atoms with Crippen LogP contribution in [0.4, 0.5) is 5.69 Å². The fourth-order valence-corrected chi connectivity index (χ4v) is 2.45. The van der Waals surface area contributed by atoms with Crippen molar-refractivity contribution in [3.63, 3.8) is 0 Å². The van der Waals surface area contributed by atoms with E-state index < -0.39 is 0 Å². The molecule has 0 radical (unpaired) electrons. The molecule has 1 aromatic rings. The predicted molar refractivity (Wildman–Crippen MR) is 86.3 cm³/mol. The summed E-state index contributed by atoms with van der Waals surface area (Å²) in [6.07, 6.45) is 5.64. The molecule has 0 aliphatic heterocycles. The van der Waals surface area contributed by atoms with E-state index in [4.69, 9.17) is 0 Å². The van der Waals surface area contributed by atoms with Crippen LogP contribution in [0.15, 0.2) is 18.2 Å². The van der Waals surface area contributed by atoms with Crippen LogP contribution < -0.4 is 10.6 Å². The molecule has 1 aliphatic carbocycles. The molecule has 1 unspecified atom stereocenters. The third-order valence-corrected chi connectivity index (χ3v) is 3.60. The molecule has 0 saturated carbocycles. The summed E-state index contributed by atoms with van der Waals surface area (Å²) in [5.74, 6) is 0.642. The summed E-state index contributed by atoms with van der Waals surface area (Å²) in [5.41, 5.74) is 3.73. The molecule has 0 spiro atoms. The van der Waals surface area contributed by atoms with Crippen molar-refractivity contribution < 1.29 is 4.79 Å². The molecule has 3 nitrogen and oxygen atoms in total. The average molecular weight is 276 g/mol. The fourth-order valence-electron chi connectivity index (χ4n) is 2.45. The van der Waals surface area contributed by atoms with Crippen LogP contribution in [0, 0.1) is 0 Å². The Labute approximate surface area is 123 Å². The van der Waals surface area contributed by atoms with Gasteiger partial charge in [-0.05, 0) is 68.0 Å². The number of rotatable bonds is 6. The van der Waals surface area contributed by atoms with E-state index >= 15 is 0 Å². The van der Waals surface area contributed by atoms with Crippen molar-refractivity contribution in [3.05, 3.63) is 29.3 Å². The molecule has 0 saturated heterocycles. The molecule has 1 aliphatic rings. The lowest BCUT2D eigenvalue weighted by atomic mass is 10.0. The molecule has 0 aromatic heterocycles. The van der Waals surface area contributed by atoms with Crippen molar-refractivity contribution in [3.8, 4) is 0 Å². The number of hydrogen-bond donors (Lipinski definition) is 2. The maximum atomic E-state index is 10.2. The highest BCUT2D eigenvalue weighted by molar-refractivity contribution is 5.72. The summed E-state index contributed by atoms with van der Waals surface area (Å²) in [6, 6.07) is 6.16. The van der Waals surface area contributed by atoms with Crippen LogP contribution in [-0.4, -0.2) is 19.5 Å². The lowest BCUT2D eigenvalue weighted by molar-refractivity contribution is -0.105. The molecular formula is C17H28N2O. The van der Waals surface area contributed by atoms with Crippen LogP contribution in [-0.2, 0) is 11.2 Å². The Morgan fingerprint density at radius 1 is 1.25 bits per heavy atom. The van der Waals surface area contributed by atoms with Gasteiger partial charge < -0.3 is 10.6 Å². The van der Waals surface area contributed by atoms with Crippen molar-refractivity contribution >= 4 is 12.1 Å². The number of amides is 1. The van der Waals surface area contributed by atoms with Gasteiger partial charge in [0.25, 0.3) is 0 Å². The van der Waals surface area contributed by atoms with E-state index in [1.807, 2.05) is 6.07 Å². The average Bonchev–Trinajstić information content (AvgIpc) is 2.82. The van der Waals surface area contributed by atoms with E-state index in [1.165, 1.54) is 49.9 Å². The Morgan fingerprint density at radius 2 is 1.95 bits per heavy atom. The maximum Gasteiger partial charge on any atom is 0.211 e. The summed E-state index contributed by atoms with van der Waals surface area (Å²) in [7, 11) is 0. The Hall–Kier alpha value is -1.35. The van der Waals surface area contributed by atoms with E-state index in [1.54, 1.807) is 0 Å². The van der Waals surface area contributed by atoms with E-state index in [0.29, 0.717) is 5.92 Å². The standard InChI is InChI=1S/C11H13NO.C6H15N/c1-8-2-3-9-4-5-10(12-7-13)6-11(8)9;1-3-5-7-6-4-2/h4-8H,2-3H2,1H3,(H,12,13);7H,3-6H2,1-2H3. The first kappa shape index (κ1) is 16.7. The second kappa shape index (κ2) is 9.54. The molecule has 3 heteroatoms. The summed E-state index contributed by atoms with van der Waals surface area (Å²) >= 11 is 0. The van der Waals surface area contributed by atoms with E-state index in [0.717, 1.165) is 12.1 Å². The largest absolute Gasteiger partial charge is 0.329 e. The van der Waals surface area contributed by atoms with E-state index in [2.05, 4.69) is 43.5 Å².